The lowest BCUT2D eigenvalue weighted by Gasteiger charge is -2.11. The number of amides is 2. The molecule has 0 aliphatic rings. The third-order valence-electron chi connectivity index (χ3n) is 4.40. The van der Waals surface area contributed by atoms with Crippen molar-refractivity contribution in [2.45, 2.75) is 11.4 Å². The van der Waals surface area contributed by atoms with Gasteiger partial charge in [-0.2, -0.15) is 0 Å². The Kier molecular flexibility index (Phi) is 7.75. The molecule has 0 unspecified atom stereocenters. The quantitative estimate of drug-likeness (QED) is 0.447. The van der Waals surface area contributed by atoms with Crippen molar-refractivity contribution in [3.8, 4) is 0 Å². The summed E-state index contributed by atoms with van der Waals surface area (Å²) in [6.45, 7) is -0.463. The van der Waals surface area contributed by atoms with E-state index in [1.807, 2.05) is 0 Å². The molecule has 172 valence electrons. The fraction of sp³-hybridized carbons (Fsp3) is 0.0909. The highest BCUT2D eigenvalue weighted by Gasteiger charge is 2.20. The molecule has 7 nitrogen and oxygen atoms in total. The summed E-state index contributed by atoms with van der Waals surface area (Å²) in [6.07, 6.45) is 0. The van der Waals surface area contributed by atoms with Crippen molar-refractivity contribution in [1.29, 1.82) is 0 Å². The zero-order valence-corrected chi connectivity index (χ0v) is 18.5. The summed E-state index contributed by atoms with van der Waals surface area (Å²) in [5.41, 5.74) is 0.704. The minimum absolute atomic E-state index is 0.0116. The van der Waals surface area contributed by atoms with E-state index in [4.69, 9.17) is 11.6 Å². The number of hydrogen-bond acceptors (Lipinski definition) is 4. The summed E-state index contributed by atoms with van der Waals surface area (Å²) in [4.78, 5) is 24.1. The summed E-state index contributed by atoms with van der Waals surface area (Å²) in [5, 5.41) is 4.55. The first kappa shape index (κ1) is 24.3. The lowest BCUT2D eigenvalue weighted by Crippen LogP contribution is -2.33. The van der Waals surface area contributed by atoms with Gasteiger partial charge in [0.05, 0.1) is 11.6 Å². The first-order valence-electron chi connectivity index (χ1n) is 9.52. The summed E-state index contributed by atoms with van der Waals surface area (Å²) in [5.74, 6) is -3.62. The molecule has 3 aromatic rings. The first-order valence-corrected chi connectivity index (χ1v) is 11.4. The van der Waals surface area contributed by atoms with Gasteiger partial charge < -0.3 is 10.6 Å². The van der Waals surface area contributed by atoms with Gasteiger partial charge in [-0.3, -0.25) is 9.59 Å². The van der Waals surface area contributed by atoms with Crippen molar-refractivity contribution in [1.82, 2.24) is 10.0 Å². The van der Waals surface area contributed by atoms with Gasteiger partial charge in [0.1, 0.15) is 4.90 Å². The third-order valence-corrected chi connectivity index (χ3v) is 6.29. The van der Waals surface area contributed by atoms with Gasteiger partial charge in [0.2, 0.25) is 15.9 Å². The standard InChI is InChI=1S/C22H18ClF2N3O4S/c23-17-8-6-15(10-20(17)33(31,32)27-12-14-4-2-1-3-5-14)22(30)26-13-21(29)28-16-7-9-18(24)19(25)11-16/h1-11,27H,12-13H2,(H,26,30)(H,28,29). The molecule has 0 radical (unpaired) electrons. The van der Waals surface area contributed by atoms with Crippen LogP contribution in [-0.4, -0.2) is 26.8 Å². The Morgan fingerprint density at radius 3 is 2.33 bits per heavy atom. The zero-order chi connectivity index (χ0) is 24.0. The van der Waals surface area contributed by atoms with Gasteiger partial charge in [0, 0.05) is 23.9 Å². The van der Waals surface area contributed by atoms with Crippen LogP contribution in [0.15, 0.2) is 71.6 Å². The monoisotopic (exact) mass is 493 g/mol. The van der Waals surface area contributed by atoms with E-state index in [-0.39, 0.29) is 27.7 Å². The molecular weight excluding hydrogens is 476 g/mol. The molecule has 0 bridgehead atoms. The molecule has 3 N–H and O–H groups in total. The van der Waals surface area contributed by atoms with E-state index in [2.05, 4.69) is 15.4 Å². The minimum Gasteiger partial charge on any atom is -0.343 e. The van der Waals surface area contributed by atoms with Crippen LogP contribution in [0.5, 0.6) is 0 Å². The van der Waals surface area contributed by atoms with Gasteiger partial charge >= 0.3 is 0 Å². The van der Waals surface area contributed by atoms with E-state index in [1.165, 1.54) is 12.1 Å². The molecule has 11 heteroatoms. The molecule has 0 aliphatic carbocycles. The second-order valence-corrected chi connectivity index (χ2v) is 8.96. The summed E-state index contributed by atoms with van der Waals surface area (Å²) >= 11 is 6.04. The minimum atomic E-state index is -4.03. The van der Waals surface area contributed by atoms with Gasteiger partial charge in [0.25, 0.3) is 5.91 Å². The zero-order valence-electron chi connectivity index (χ0n) is 16.9. The maximum atomic E-state index is 13.2. The number of nitrogens with one attached hydrogen (secondary N) is 3. The van der Waals surface area contributed by atoms with Crippen LogP contribution < -0.4 is 15.4 Å². The maximum absolute atomic E-state index is 13.2. The Morgan fingerprint density at radius 1 is 0.909 bits per heavy atom. The second kappa shape index (κ2) is 10.5. The van der Waals surface area contributed by atoms with E-state index in [9.17, 15) is 26.8 Å². The van der Waals surface area contributed by atoms with E-state index in [0.717, 1.165) is 29.8 Å². The number of carbonyl (C=O) groups is 2. The van der Waals surface area contributed by atoms with Gasteiger partial charge in [-0.15, -0.1) is 0 Å². The molecule has 0 saturated heterocycles. The largest absolute Gasteiger partial charge is 0.343 e. The fourth-order valence-corrected chi connectivity index (χ4v) is 4.29. The topological polar surface area (TPSA) is 104 Å². The molecule has 0 aromatic heterocycles. The molecule has 0 heterocycles. The highest BCUT2D eigenvalue weighted by atomic mass is 35.5. The Morgan fingerprint density at radius 2 is 1.64 bits per heavy atom. The Bertz CT molecular complexity index is 1290. The molecular formula is C22H18ClF2N3O4S. The maximum Gasteiger partial charge on any atom is 0.251 e. The average molecular weight is 494 g/mol. The molecule has 0 fully saturated rings. The highest BCUT2D eigenvalue weighted by molar-refractivity contribution is 7.89. The van der Waals surface area contributed by atoms with Crippen LogP contribution in [0.3, 0.4) is 0 Å². The number of anilines is 1. The van der Waals surface area contributed by atoms with Crippen LogP contribution in [0.2, 0.25) is 5.02 Å². The van der Waals surface area contributed by atoms with Crippen LogP contribution >= 0.6 is 11.6 Å². The van der Waals surface area contributed by atoms with Gasteiger partial charge in [-0.25, -0.2) is 21.9 Å². The van der Waals surface area contributed by atoms with Crippen molar-refractivity contribution in [3.63, 3.8) is 0 Å². The van der Waals surface area contributed by atoms with Crippen LogP contribution in [0, 0.1) is 11.6 Å². The van der Waals surface area contributed by atoms with Crippen molar-refractivity contribution < 1.29 is 26.8 Å². The Hall–Kier alpha value is -3.34. The Balaban J connectivity index is 1.64. The van der Waals surface area contributed by atoms with Crippen molar-refractivity contribution in [2.75, 3.05) is 11.9 Å². The number of sulfonamides is 1. The van der Waals surface area contributed by atoms with Crippen LogP contribution in [-0.2, 0) is 21.4 Å². The molecule has 2 amide bonds. The number of halogens is 3. The molecule has 3 aromatic carbocycles. The normalized spacial score (nSPS) is 11.1. The summed E-state index contributed by atoms with van der Waals surface area (Å²) in [6, 6.07) is 15.3. The lowest BCUT2D eigenvalue weighted by atomic mass is 10.2. The van der Waals surface area contributed by atoms with Crippen LogP contribution in [0.4, 0.5) is 14.5 Å². The summed E-state index contributed by atoms with van der Waals surface area (Å²) < 4.78 is 53.9. The molecule has 0 atom stereocenters. The molecule has 0 spiro atoms. The predicted octanol–water partition coefficient (Wildman–Crippen LogP) is 3.47. The Labute approximate surface area is 193 Å². The van der Waals surface area contributed by atoms with Crippen molar-refractivity contribution in [2.24, 2.45) is 0 Å². The number of rotatable bonds is 8. The molecule has 0 aliphatic heterocycles. The lowest BCUT2D eigenvalue weighted by molar-refractivity contribution is -0.115. The van der Waals surface area contributed by atoms with Gasteiger partial charge in [-0.05, 0) is 35.9 Å². The highest BCUT2D eigenvalue weighted by Crippen LogP contribution is 2.23. The van der Waals surface area contributed by atoms with E-state index < -0.39 is 40.0 Å². The van der Waals surface area contributed by atoms with Crippen LogP contribution in [0.25, 0.3) is 0 Å². The van der Waals surface area contributed by atoms with Crippen molar-refractivity contribution in [3.05, 3.63) is 94.5 Å². The smallest absolute Gasteiger partial charge is 0.251 e. The third kappa shape index (κ3) is 6.58. The number of benzene rings is 3. The number of hydrogen-bond donors (Lipinski definition) is 3. The van der Waals surface area contributed by atoms with Crippen LogP contribution in [0.1, 0.15) is 15.9 Å². The van der Waals surface area contributed by atoms with Gasteiger partial charge in [-0.1, -0.05) is 41.9 Å². The van der Waals surface area contributed by atoms with E-state index in [0.29, 0.717) is 0 Å². The van der Waals surface area contributed by atoms with Crippen molar-refractivity contribution >= 4 is 39.1 Å². The number of carbonyl (C=O) groups excluding carboxylic acids is 2. The molecule has 3 rings (SSSR count). The molecule has 0 saturated carbocycles. The van der Waals surface area contributed by atoms with E-state index in [1.54, 1.807) is 30.3 Å². The fourth-order valence-electron chi connectivity index (χ4n) is 2.74. The second-order valence-electron chi connectivity index (χ2n) is 6.82. The average Bonchev–Trinajstić information content (AvgIpc) is 2.79. The SMILES string of the molecule is O=C(CNC(=O)c1ccc(Cl)c(S(=O)(=O)NCc2ccccc2)c1)Nc1ccc(F)c(F)c1. The van der Waals surface area contributed by atoms with E-state index >= 15 is 0 Å². The molecule has 33 heavy (non-hydrogen) atoms. The predicted molar refractivity (Wildman–Crippen MR) is 119 cm³/mol. The summed E-state index contributed by atoms with van der Waals surface area (Å²) in [7, 11) is -4.03. The first-order chi connectivity index (χ1) is 15.7. The van der Waals surface area contributed by atoms with Gasteiger partial charge in [0.15, 0.2) is 11.6 Å².